The molecule has 6 amide bonds. The van der Waals surface area contributed by atoms with Crippen molar-refractivity contribution in [1.29, 1.82) is 0 Å². The van der Waals surface area contributed by atoms with Crippen molar-refractivity contribution in [2.75, 3.05) is 81.8 Å². The number of anilines is 8. The summed E-state index contributed by atoms with van der Waals surface area (Å²) in [5.41, 5.74) is 12.4. The van der Waals surface area contributed by atoms with Gasteiger partial charge in [0.1, 0.15) is 0 Å². The topological polar surface area (TPSA) is 199 Å². The zero-order valence-corrected chi connectivity index (χ0v) is 51.1. The Morgan fingerprint density at radius 1 is 0.541 bits per heavy atom. The first kappa shape index (κ1) is 62.9. The van der Waals surface area contributed by atoms with Crippen LogP contribution < -0.4 is 38.9 Å². The maximum absolute atomic E-state index is 14.2. The van der Waals surface area contributed by atoms with Gasteiger partial charge in [0.05, 0.1) is 22.7 Å². The predicted octanol–water partition coefficient (Wildman–Crippen LogP) is 11.5. The number of hydrogen-bond donors (Lipinski definition) is 0. The summed E-state index contributed by atoms with van der Waals surface area (Å²) in [4.78, 5) is 121. The fourth-order valence-electron chi connectivity index (χ4n) is 12.4. The molecular formula is C65H84N8O12. The number of rotatable bonds is 16. The van der Waals surface area contributed by atoms with Crippen molar-refractivity contribution in [3.63, 3.8) is 0 Å². The predicted molar refractivity (Wildman–Crippen MR) is 327 cm³/mol. The lowest BCUT2D eigenvalue weighted by atomic mass is 9.87. The molecular weight excluding hydrogens is 1080 g/mol. The van der Waals surface area contributed by atoms with Crippen molar-refractivity contribution in [2.24, 2.45) is 0 Å². The molecule has 0 bridgehead atoms. The smallest absolute Gasteiger partial charge is 0.333 e. The van der Waals surface area contributed by atoms with Gasteiger partial charge in [-0.15, -0.1) is 10.1 Å². The molecule has 0 saturated carbocycles. The van der Waals surface area contributed by atoms with Gasteiger partial charge in [0.15, 0.2) is 23.0 Å². The van der Waals surface area contributed by atoms with Crippen LogP contribution >= 0.6 is 0 Å². The third-order valence-corrected chi connectivity index (χ3v) is 16.3. The van der Waals surface area contributed by atoms with Gasteiger partial charge in [0, 0.05) is 144 Å². The Morgan fingerprint density at radius 3 is 1.39 bits per heavy atom. The van der Waals surface area contributed by atoms with E-state index in [2.05, 4.69) is 59.4 Å². The van der Waals surface area contributed by atoms with Crippen LogP contribution in [0.3, 0.4) is 0 Å². The van der Waals surface area contributed by atoms with Gasteiger partial charge in [-0.3, -0.25) is 38.6 Å². The van der Waals surface area contributed by atoms with Crippen molar-refractivity contribution in [2.45, 2.75) is 165 Å². The van der Waals surface area contributed by atoms with Crippen LogP contribution in [0.1, 0.15) is 162 Å². The first-order chi connectivity index (χ1) is 41.2. The molecule has 11 rings (SSSR count). The first-order valence-corrected chi connectivity index (χ1v) is 30.9. The van der Waals surface area contributed by atoms with E-state index in [-0.39, 0.29) is 69.6 Å². The monoisotopic (exact) mass is 1170 g/mol. The summed E-state index contributed by atoms with van der Waals surface area (Å²) in [6.07, 6.45) is 8.72. The summed E-state index contributed by atoms with van der Waals surface area (Å²) in [7, 11) is 0. The second kappa shape index (κ2) is 28.6. The summed E-state index contributed by atoms with van der Waals surface area (Å²) in [6, 6.07) is 15.9. The molecule has 0 aliphatic carbocycles. The normalized spacial score (nSPS) is 15.3. The molecule has 0 atom stereocenters. The molecule has 7 aliphatic heterocycles. The summed E-state index contributed by atoms with van der Waals surface area (Å²) in [6.45, 7) is 25.0. The van der Waals surface area contributed by atoms with Crippen molar-refractivity contribution in [3.05, 3.63) is 70.8 Å². The zero-order valence-electron chi connectivity index (χ0n) is 51.1. The van der Waals surface area contributed by atoms with E-state index < -0.39 is 29.7 Å². The van der Waals surface area contributed by atoms with Gasteiger partial charge in [0.2, 0.25) is 11.8 Å². The first-order valence-electron chi connectivity index (χ1n) is 30.9. The van der Waals surface area contributed by atoms with Gasteiger partial charge >= 0.3 is 11.9 Å². The fraction of sp³-hybridized carbons (Fsp3) is 0.508. The Bertz CT molecular complexity index is 3010. The highest BCUT2D eigenvalue weighted by Crippen LogP contribution is 2.58. The van der Waals surface area contributed by atoms with Crippen LogP contribution in [0.5, 0.6) is 23.0 Å². The Labute approximate surface area is 499 Å². The van der Waals surface area contributed by atoms with Crippen LogP contribution in [-0.4, -0.2) is 110 Å². The molecule has 1 saturated heterocycles. The van der Waals surface area contributed by atoms with Crippen molar-refractivity contribution < 1.29 is 57.5 Å². The van der Waals surface area contributed by atoms with Crippen LogP contribution in [0, 0.1) is 0 Å². The zero-order chi connectivity index (χ0) is 61.1. The van der Waals surface area contributed by atoms with Gasteiger partial charge in [-0.05, 0) is 139 Å². The number of hydrogen-bond acceptors (Lipinski definition) is 16. The number of fused-ring (bicyclic) bond motifs is 6. The highest BCUT2D eigenvalue weighted by molar-refractivity contribution is 6.07. The molecule has 0 N–H and O–H groups in total. The summed E-state index contributed by atoms with van der Waals surface area (Å²) < 4.78 is 13.3. The van der Waals surface area contributed by atoms with E-state index in [4.69, 9.17) is 19.1 Å². The minimum Gasteiger partial charge on any atom is -0.453 e. The molecule has 1 fully saturated rings. The lowest BCUT2D eigenvalue weighted by Crippen LogP contribution is -2.37. The molecule has 20 nitrogen and oxygen atoms in total. The van der Waals surface area contributed by atoms with Crippen LogP contribution in [0.25, 0.3) is 0 Å². The van der Waals surface area contributed by atoms with E-state index in [0.717, 1.165) is 145 Å². The molecule has 7 heterocycles. The van der Waals surface area contributed by atoms with Crippen molar-refractivity contribution in [3.8, 4) is 23.0 Å². The number of imide groups is 2. The minimum atomic E-state index is -0.768. The van der Waals surface area contributed by atoms with Crippen LogP contribution in [-0.2, 0) is 73.7 Å². The van der Waals surface area contributed by atoms with E-state index >= 15 is 0 Å². The lowest BCUT2D eigenvalue weighted by molar-refractivity contribution is -0.197. The van der Waals surface area contributed by atoms with Gasteiger partial charge in [-0.2, -0.15) is 0 Å². The largest absolute Gasteiger partial charge is 0.453 e. The number of nitrogens with zero attached hydrogens (tertiary/aromatic N) is 8. The maximum Gasteiger partial charge on any atom is 0.333 e. The van der Waals surface area contributed by atoms with E-state index in [1.54, 1.807) is 4.90 Å². The molecule has 456 valence electrons. The third kappa shape index (κ3) is 13.2. The molecule has 7 aliphatic rings. The number of aryl methyl sites for hydroxylation is 2. The van der Waals surface area contributed by atoms with Crippen molar-refractivity contribution in [1.82, 2.24) is 10.1 Å². The van der Waals surface area contributed by atoms with Crippen LogP contribution in [0.15, 0.2) is 48.5 Å². The van der Waals surface area contributed by atoms with Gasteiger partial charge in [-0.1, -0.05) is 27.7 Å². The number of benzene rings is 4. The average Bonchev–Trinajstić information content (AvgIpc) is 1.24. The number of carbonyl (C=O) groups is 8. The van der Waals surface area contributed by atoms with E-state index in [1.807, 2.05) is 69.0 Å². The highest BCUT2D eigenvalue weighted by atomic mass is 16.7. The summed E-state index contributed by atoms with van der Waals surface area (Å²) in [5, 5.41) is 0.897. The number of hydroxylamine groups is 4. The molecule has 0 spiro atoms. The average molecular weight is 1170 g/mol. The van der Waals surface area contributed by atoms with Crippen LogP contribution in [0.2, 0.25) is 0 Å². The summed E-state index contributed by atoms with van der Waals surface area (Å²) in [5.74, 6) is -0.719. The lowest BCUT2D eigenvalue weighted by Gasteiger charge is -2.43. The number of ether oxygens (including phenoxy) is 2. The quantitative estimate of drug-likeness (QED) is 0.0582. The number of carbonyl (C=O) groups excluding carboxylic acids is 8. The minimum absolute atomic E-state index is 0.0464. The van der Waals surface area contributed by atoms with E-state index in [0.29, 0.717) is 33.0 Å². The number of amides is 6. The molecule has 4 aromatic rings. The Balaban J connectivity index is 0.000000211. The van der Waals surface area contributed by atoms with E-state index in [1.165, 1.54) is 33.6 Å². The molecule has 20 heteroatoms. The fourth-order valence-corrected chi connectivity index (χ4v) is 12.4. The van der Waals surface area contributed by atoms with Gasteiger partial charge in [-0.25, -0.2) is 9.59 Å². The molecule has 0 unspecified atom stereocenters. The van der Waals surface area contributed by atoms with Crippen LogP contribution in [0.4, 0.5) is 45.5 Å². The maximum atomic E-state index is 14.2. The molecule has 85 heavy (non-hydrogen) atoms. The Morgan fingerprint density at radius 2 is 0.965 bits per heavy atom. The Kier molecular flexibility index (Phi) is 21.2. The second-order valence-corrected chi connectivity index (χ2v) is 21.3. The highest BCUT2D eigenvalue weighted by Gasteiger charge is 2.41. The second-order valence-electron chi connectivity index (χ2n) is 21.3. The molecule has 4 aromatic carbocycles. The summed E-state index contributed by atoms with van der Waals surface area (Å²) >= 11 is 0. The Hall–Kier alpha value is -8.16. The van der Waals surface area contributed by atoms with E-state index in [9.17, 15) is 38.4 Å². The van der Waals surface area contributed by atoms with Gasteiger partial charge in [0.25, 0.3) is 24.1 Å². The van der Waals surface area contributed by atoms with Crippen molar-refractivity contribution >= 4 is 93.4 Å². The SMILES string of the molecule is CC.CC.CCN(CC)c1ccc2c(c1)Oc1cc(N(CC)CC)ccc1N2C(=O)CCCC(=O)ON(C=O)C(C)=O.O=C(CCCC(=O)N1c2cc3c4c(c2Oc2c1cc1c5c2CCCN5CCC1)CCCN4CCC3)ON1C(=O)CCC1=O. The standard InChI is InChI=1S/C33H36N4O6.C28H36N4O6.2C2H6/c38-26(10-1-11-29(41)43-37-27(39)12-13-28(37)40)36-24-18-20-6-2-14-34-16-4-8-22(30(20)34)32(24)42-33-23-9-5-17-35-15-3-7-21(31(23)35)19-25(33)36;1-6-29(7-2)21-13-15-23-25(17-21)37-26-18-22(30(8-3)9-4)14-16-24(26)32(23)27(35)11-10-12-28(36)38-31(19-33)20(5)34;2*1-2/h18-19H,1-17H2;13-19H,6-12H2,1-5H3;2*1-2H3. The molecule has 0 aromatic heterocycles. The third-order valence-electron chi connectivity index (χ3n) is 16.3. The molecule has 0 radical (unpaired) electrons. The van der Waals surface area contributed by atoms with Gasteiger partial charge < -0.3 is 38.7 Å².